The highest BCUT2D eigenvalue weighted by atomic mass is 16.6. The van der Waals surface area contributed by atoms with Crippen LogP contribution < -0.4 is 0 Å². The Morgan fingerprint density at radius 1 is 0.549 bits per heavy atom. The molecular formula is C39H58N2O10. The predicted molar refractivity (Wildman–Crippen MR) is 188 cm³/mol. The number of ether oxygens (including phenoxy) is 4. The van der Waals surface area contributed by atoms with E-state index in [1.165, 1.54) is 34.1 Å². The Kier molecular flexibility index (Phi) is 16.3. The second kappa shape index (κ2) is 20.6. The number of hydrogen-bond donors (Lipinski definition) is 0. The van der Waals surface area contributed by atoms with Gasteiger partial charge < -0.3 is 18.9 Å². The summed E-state index contributed by atoms with van der Waals surface area (Å²) in [5.41, 5.74) is 0.244. The van der Waals surface area contributed by atoms with Gasteiger partial charge in [0.05, 0.1) is 25.4 Å². The Hall–Kier alpha value is -3.38. The monoisotopic (exact) mass is 714 g/mol. The van der Waals surface area contributed by atoms with Crippen LogP contribution in [0.3, 0.4) is 0 Å². The molecule has 0 atom stereocenters. The number of unbranched alkanes of at least 4 members (excludes halogenated alkanes) is 4. The summed E-state index contributed by atoms with van der Waals surface area (Å²) in [6.07, 6.45) is 19.0. The fourth-order valence-electron chi connectivity index (χ4n) is 7.90. The van der Waals surface area contributed by atoms with Crippen molar-refractivity contribution >= 4 is 35.6 Å². The number of carbonyl (C=O) groups is 6. The zero-order valence-corrected chi connectivity index (χ0v) is 30.7. The Morgan fingerprint density at radius 2 is 0.902 bits per heavy atom. The van der Waals surface area contributed by atoms with E-state index >= 15 is 0 Å². The minimum atomic E-state index is -0.271. The first-order valence-corrected chi connectivity index (χ1v) is 19.2. The lowest BCUT2D eigenvalue weighted by molar-refractivity contribution is -0.147. The molecule has 0 spiro atoms. The van der Waals surface area contributed by atoms with Crippen molar-refractivity contribution in [2.75, 3.05) is 39.5 Å². The van der Waals surface area contributed by atoms with Crippen molar-refractivity contribution < 1.29 is 47.7 Å². The molecule has 51 heavy (non-hydrogen) atoms. The molecule has 4 amide bonds. The van der Waals surface area contributed by atoms with Crippen molar-refractivity contribution in [1.29, 1.82) is 0 Å². The normalized spacial score (nSPS) is 23.8. The van der Waals surface area contributed by atoms with Crippen LogP contribution in [0.1, 0.15) is 117 Å². The molecule has 0 radical (unpaired) electrons. The van der Waals surface area contributed by atoms with Gasteiger partial charge in [0.2, 0.25) is 0 Å². The molecule has 0 bridgehead atoms. The Morgan fingerprint density at radius 3 is 1.25 bits per heavy atom. The van der Waals surface area contributed by atoms with Gasteiger partial charge in [-0.15, -0.1) is 0 Å². The lowest BCUT2D eigenvalue weighted by Gasteiger charge is -2.46. The largest absolute Gasteiger partial charge is 0.463 e. The minimum Gasteiger partial charge on any atom is -0.463 e. The lowest BCUT2D eigenvalue weighted by atomic mass is 9.60. The van der Waals surface area contributed by atoms with E-state index in [0.29, 0.717) is 76.7 Å². The summed E-state index contributed by atoms with van der Waals surface area (Å²) in [7, 11) is 0. The predicted octanol–water partition coefficient (Wildman–Crippen LogP) is 5.22. The van der Waals surface area contributed by atoms with E-state index in [1.54, 1.807) is 0 Å². The molecule has 2 fully saturated rings. The van der Waals surface area contributed by atoms with Crippen molar-refractivity contribution in [2.45, 2.75) is 129 Å². The first kappa shape index (κ1) is 40.4. The van der Waals surface area contributed by atoms with E-state index in [2.05, 4.69) is 13.8 Å². The highest BCUT2D eigenvalue weighted by molar-refractivity contribution is 6.13. The lowest BCUT2D eigenvalue weighted by Crippen LogP contribution is -2.39. The van der Waals surface area contributed by atoms with Crippen molar-refractivity contribution in [3.8, 4) is 0 Å². The van der Waals surface area contributed by atoms with Gasteiger partial charge in [-0.05, 0) is 94.3 Å². The van der Waals surface area contributed by atoms with Gasteiger partial charge >= 0.3 is 11.9 Å². The number of imide groups is 2. The molecule has 0 N–H and O–H groups in total. The van der Waals surface area contributed by atoms with Gasteiger partial charge in [-0.3, -0.25) is 38.6 Å². The Labute approximate surface area is 302 Å². The highest BCUT2D eigenvalue weighted by Gasteiger charge is 2.40. The van der Waals surface area contributed by atoms with Gasteiger partial charge in [-0.1, -0.05) is 26.7 Å². The summed E-state index contributed by atoms with van der Waals surface area (Å²) >= 11 is 0. The maximum atomic E-state index is 12.1. The number of esters is 2. The summed E-state index contributed by atoms with van der Waals surface area (Å²) in [6, 6.07) is 0. The second-order valence-corrected chi connectivity index (χ2v) is 14.9. The molecular weight excluding hydrogens is 656 g/mol. The summed E-state index contributed by atoms with van der Waals surface area (Å²) in [4.78, 5) is 72.9. The molecule has 0 aromatic carbocycles. The molecule has 2 aliphatic carbocycles. The Bertz CT molecular complexity index is 1130. The number of nitrogens with zero attached hydrogens (tertiary/aromatic N) is 2. The molecule has 2 aliphatic heterocycles. The first-order valence-electron chi connectivity index (χ1n) is 19.2. The molecule has 0 saturated heterocycles. The van der Waals surface area contributed by atoms with Crippen LogP contribution in [-0.2, 0) is 47.7 Å². The average molecular weight is 715 g/mol. The van der Waals surface area contributed by atoms with Gasteiger partial charge in [0.15, 0.2) is 0 Å². The zero-order valence-electron chi connectivity index (χ0n) is 30.7. The van der Waals surface area contributed by atoms with Crippen LogP contribution in [-0.4, -0.2) is 97.1 Å². The topological polar surface area (TPSA) is 146 Å². The SMILES string of the molecule is CC(C)(C1CCC(OCCOC(=O)CCCCCN2C(=O)C=CC2=O)CC1)C1CCC(OCCOC(=O)CCCCCN2C(=O)C=CC2=O)CC1. The maximum Gasteiger partial charge on any atom is 0.305 e. The van der Waals surface area contributed by atoms with Crippen molar-refractivity contribution in [1.82, 2.24) is 9.80 Å². The molecule has 12 nitrogen and oxygen atoms in total. The van der Waals surface area contributed by atoms with Gasteiger partial charge in [-0.2, -0.15) is 0 Å². The number of rotatable bonds is 22. The number of amides is 4. The summed E-state index contributed by atoms with van der Waals surface area (Å²) in [5, 5.41) is 0. The molecule has 2 heterocycles. The molecule has 0 unspecified atom stereocenters. The van der Waals surface area contributed by atoms with Crippen LogP contribution >= 0.6 is 0 Å². The molecule has 2 saturated carbocycles. The summed E-state index contributed by atoms with van der Waals surface area (Å²) < 4.78 is 22.8. The van der Waals surface area contributed by atoms with E-state index in [0.717, 1.165) is 64.2 Å². The van der Waals surface area contributed by atoms with Crippen LogP contribution in [0.25, 0.3) is 0 Å². The third-order valence-electron chi connectivity index (χ3n) is 11.2. The van der Waals surface area contributed by atoms with Crippen LogP contribution in [0.5, 0.6) is 0 Å². The summed E-state index contributed by atoms with van der Waals surface area (Å²) in [5.74, 6) is -0.269. The van der Waals surface area contributed by atoms with E-state index in [4.69, 9.17) is 18.9 Å². The standard InChI is InChI=1S/C39H58N2O10/c1-39(2,29-11-15-31(16-12-29)48-25-27-50-37(46)9-5-3-7-23-40-33(42)19-20-34(40)43)30-13-17-32(18-14-30)49-26-28-51-38(47)10-6-4-8-24-41-35(44)21-22-36(41)45/h19-22,29-32H,3-18,23-28H2,1-2H3. The van der Waals surface area contributed by atoms with E-state index in [9.17, 15) is 28.8 Å². The summed E-state index contributed by atoms with van der Waals surface area (Å²) in [6.45, 7) is 6.94. The van der Waals surface area contributed by atoms with Crippen molar-refractivity contribution in [3.05, 3.63) is 24.3 Å². The van der Waals surface area contributed by atoms with Gasteiger partial charge in [0.25, 0.3) is 23.6 Å². The fourth-order valence-corrected chi connectivity index (χ4v) is 7.90. The first-order chi connectivity index (χ1) is 24.5. The second-order valence-electron chi connectivity index (χ2n) is 14.9. The average Bonchev–Trinajstić information content (AvgIpc) is 3.62. The van der Waals surface area contributed by atoms with Crippen LogP contribution in [0.2, 0.25) is 0 Å². The minimum absolute atomic E-state index is 0.205. The molecule has 284 valence electrons. The van der Waals surface area contributed by atoms with Crippen molar-refractivity contribution in [3.63, 3.8) is 0 Å². The van der Waals surface area contributed by atoms with E-state index in [-0.39, 0.29) is 66.4 Å². The highest BCUT2D eigenvalue weighted by Crippen LogP contribution is 2.48. The molecule has 4 aliphatic rings. The van der Waals surface area contributed by atoms with Gasteiger partial charge in [0.1, 0.15) is 13.2 Å². The molecule has 4 rings (SSSR count). The van der Waals surface area contributed by atoms with Crippen molar-refractivity contribution in [2.24, 2.45) is 17.3 Å². The fraction of sp³-hybridized carbons (Fsp3) is 0.744. The van der Waals surface area contributed by atoms with Crippen LogP contribution in [0, 0.1) is 17.3 Å². The Balaban J connectivity index is 0.963. The van der Waals surface area contributed by atoms with E-state index < -0.39 is 0 Å². The van der Waals surface area contributed by atoms with Gasteiger partial charge in [0, 0.05) is 50.2 Å². The third kappa shape index (κ3) is 13.0. The number of hydrogen-bond acceptors (Lipinski definition) is 10. The van der Waals surface area contributed by atoms with Crippen LogP contribution in [0.15, 0.2) is 24.3 Å². The third-order valence-corrected chi connectivity index (χ3v) is 11.2. The molecule has 0 aromatic rings. The van der Waals surface area contributed by atoms with Gasteiger partial charge in [-0.25, -0.2) is 0 Å². The maximum absolute atomic E-state index is 12.1. The number of carbonyl (C=O) groups excluding carboxylic acids is 6. The molecule has 12 heteroatoms. The van der Waals surface area contributed by atoms with E-state index in [1.807, 2.05) is 0 Å². The molecule has 0 aromatic heterocycles. The van der Waals surface area contributed by atoms with Crippen LogP contribution in [0.4, 0.5) is 0 Å². The zero-order chi connectivity index (χ0) is 36.6. The smallest absolute Gasteiger partial charge is 0.305 e. The quantitative estimate of drug-likeness (QED) is 0.0831.